The van der Waals surface area contributed by atoms with E-state index in [1.165, 1.54) is 12.1 Å². The Morgan fingerprint density at radius 2 is 1.76 bits per heavy atom. The molecule has 1 fully saturated rings. The Labute approximate surface area is 247 Å². The number of nitro benzene ring substituents is 1. The van der Waals surface area contributed by atoms with Crippen LogP contribution in [0.4, 0.5) is 5.69 Å². The minimum absolute atomic E-state index is 0.112. The van der Waals surface area contributed by atoms with Gasteiger partial charge < -0.3 is 4.74 Å². The quantitative estimate of drug-likeness (QED) is 0.127. The smallest absolute Gasteiger partial charge is 0.448 e. The highest BCUT2D eigenvalue weighted by Gasteiger charge is 2.56. The summed E-state index contributed by atoms with van der Waals surface area (Å²) < 4.78 is 18.0. The number of hydrogen-bond donors (Lipinski definition) is 1. The van der Waals surface area contributed by atoms with Crippen LogP contribution in [-0.4, -0.2) is 59.1 Å². The summed E-state index contributed by atoms with van der Waals surface area (Å²) in [5.41, 5.74) is 2.31. The number of non-ortho nitro benzene ring substituents is 1. The highest BCUT2D eigenvalue weighted by molar-refractivity contribution is 7.69. The van der Waals surface area contributed by atoms with Gasteiger partial charge in [-0.05, 0) is 44.9 Å². The second kappa shape index (κ2) is 13.4. The zero-order chi connectivity index (χ0) is 30.5. The van der Waals surface area contributed by atoms with Gasteiger partial charge in [-0.15, -0.1) is 0 Å². The van der Waals surface area contributed by atoms with Gasteiger partial charge in [0.25, 0.3) is 5.69 Å². The van der Waals surface area contributed by atoms with Crippen molar-refractivity contribution in [1.29, 1.82) is 0 Å². The highest BCUT2D eigenvalue weighted by atomic mass is 31.2. The van der Waals surface area contributed by atoms with Gasteiger partial charge in [0.2, 0.25) is 5.30 Å². The van der Waals surface area contributed by atoms with Crippen molar-refractivity contribution in [3.8, 4) is 11.1 Å². The number of likely N-dealkylation sites (N-methyl/N-ethyl adjacent to an activating group) is 1. The Bertz CT molecular complexity index is 1420. The molecule has 224 valence electrons. The van der Waals surface area contributed by atoms with E-state index >= 15 is 0 Å². The van der Waals surface area contributed by atoms with E-state index in [-0.39, 0.29) is 47.4 Å². The van der Waals surface area contributed by atoms with E-state index < -0.39 is 18.8 Å². The van der Waals surface area contributed by atoms with Gasteiger partial charge in [0.05, 0.1) is 27.4 Å². The molecule has 1 aromatic heterocycles. The van der Waals surface area contributed by atoms with E-state index in [1.807, 2.05) is 42.3 Å². The maximum atomic E-state index is 13.7. The lowest BCUT2D eigenvalue weighted by Crippen LogP contribution is -2.39. The average Bonchev–Trinajstić information content (AvgIpc) is 2.98. The van der Waals surface area contributed by atoms with Gasteiger partial charge >= 0.3 is 13.9 Å². The third-order valence-electron chi connectivity index (χ3n) is 7.95. The largest absolute Gasteiger partial charge is 0.461 e. The Kier molecular flexibility index (Phi) is 10.1. The van der Waals surface area contributed by atoms with Crippen molar-refractivity contribution in [3.05, 3.63) is 87.2 Å². The first-order valence-corrected chi connectivity index (χ1v) is 15.7. The Morgan fingerprint density at radius 1 is 1.10 bits per heavy atom. The zero-order valence-corrected chi connectivity index (χ0v) is 25.7. The summed E-state index contributed by atoms with van der Waals surface area (Å²) in [6, 6.07) is 15.9. The topological polar surface area (TPSA) is 124 Å². The molecule has 11 heteroatoms. The van der Waals surface area contributed by atoms with Crippen LogP contribution in [0.5, 0.6) is 0 Å². The second-order valence-corrected chi connectivity index (χ2v) is 12.8. The molecule has 0 saturated carbocycles. The Morgan fingerprint density at radius 3 is 2.38 bits per heavy atom. The molecule has 0 spiro atoms. The van der Waals surface area contributed by atoms with Crippen LogP contribution >= 0.6 is 7.94 Å². The Hall–Kier alpha value is -3.27. The number of carbonyl (C=O) groups excluding carboxylic acids is 1. The first-order valence-electron chi connectivity index (χ1n) is 14.1. The zero-order valence-electron chi connectivity index (χ0n) is 24.8. The monoisotopic (exact) mass is 596 g/mol. The Balaban J connectivity index is 1.71. The summed E-state index contributed by atoms with van der Waals surface area (Å²) in [5, 5.41) is 11.9. The summed E-state index contributed by atoms with van der Waals surface area (Å²) in [7, 11) is -1.78. The van der Waals surface area contributed by atoms with Crippen molar-refractivity contribution < 1.29 is 28.4 Å². The molecule has 0 radical (unpaired) electrons. The number of aromatic nitrogens is 1. The number of nitro groups is 1. The number of pyridine rings is 1. The lowest BCUT2D eigenvalue weighted by Gasteiger charge is -2.36. The van der Waals surface area contributed by atoms with Gasteiger partial charge in [0, 0.05) is 30.6 Å². The van der Waals surface area contributed by atoms with Crippen molar-refractivity contribution in [2.45, 2.75) is 47.1 Å². The minimum Gasteiger partial charge on any atom is -0.461 e. The minimum atomic E-state index is -3.72. The number of aryl methyl sites for hydroxylation is 2. The van der Waals surface area contributed by atoms with Crippen LogP contribution in [0.25, 0.3) is 11.1 Å². The van der Waals surface area contributed by atoms with Gasteiger partial charge in [-0.3, -0.25) is 20.0 Å². The van der Waals surface area contributed by atoms with Crippen molar-refractivity contribution in [2.75, 3.05) is 33.4 Å². The van der Waals surface area contributed by atoms with Crippen molar-refractivity contribution in [1.82, 2.24) is 9.88 Å². The molecule has 1 saturated heterocycles. The number of nitrogens with zero attached hydrogens (tertiary/aromatic N) is 3. The summed E-state index contributed by atoms with van der Waals surface area (Å²) >= 11 is 0. The predicted octanol–water partition coefficient (Wildman–Crippen LogP) is 5.80. The lowest BCUT2D eigenvalue weighted by molar-refractivity contribution is -0.384. The summed E-state index contributed by atoms with van der Waals surface area (Å²) in [5.74, 6) is -0.643. The van der Waals surface area contributed by atoms with Gasteiger partial charge in [-0.1, -0.05) is 56.3 Å². The first kappa shape index (κ1) is 31.7. The molecule has 2 aromatic carbocycles. The van der Waals surface area contributed by atoms with Crippen molar-refractivity contribution in [3.63, 3.8) is 0 Å². The third-order valence-corrected chi connectivity index (χ3v) is 10.0. The average molecular weight is 597 g/mol. The fraction of sp³-hybridized carbons (Fsp3) is 0.419. The standard InChI is InChI=1S/C31H39N3O7P/c1-6-31(7-2)20-40-42(38,41-21-31)29-23(4)32-22(3)27(28(29)25-14-11-15-26(18-25)34(36)37)30(35)39-17-16-33(5)19-24-12-9-8-10-13-24/h8-15,18,38H,6-7,16-17,19-21H2,1-5H3/q+1. The predicted molar refractivity (Wildman–Crippen MR) is 163 cm³/mol. The van der Waals surface area contributed by atoms with E-state index in [1.54, 1.807) is 26.0 Å². The molecule has 42 heavy (non-hydrogen) atoms. The summed E-state index contributed by atoms with van der Waals surface area (Å²) in [4.78, 5) is 43.4. The van der Waals surface area contributed by atoms with Crippen LogP contribution in [0.1, 0.15) is 54.0 Å². The molecule has 2 heterocycles. The second-order valence-electron chi connectivity index (χ2n) is 10.8. The maximum absolute atomic E-state index is 13.7. The molecule has 1 aliphatic rings. The molecule has 0 atom stereocenters. The van der Waals surface area contributed by atoms with Gasteiger partial charge in [0.15, 0.2) is 0 Å². The molecule has 0 amide bonds. The molecule has 0 aliphatic carbocycles. The number of benzene rings is 2. The van der Waals surface area contributed by atoms with E-state index in [9.17, 15) is 19.8 Å². The molecule has 1 N–H and O–H groups in total. The SMILES string of the molecule is CCC1(CC)CO[P+](O)(c2c(C)nc(C)c(C(=O)OCCN(C)Cc3ccccc3)c2-c2cccc([N+](=O)[O-])c2)OC1. The molecule has 1 aliphatic heterocycles. The van der Waals surface area contributed by atoms with Crippen LogP contribution in [0, 0.1) is 29.4 Å². The van der Waals surface area contributed by atoms with Gasteiger partial charge in [0.1, 0.15) is 19.8 Å². The molecule has 3 aromatic rings. The summed E-state index contributed by atoms with van der Waals surface area (Å²) in [6.07, 6.45) is 1.62. The molecular weight excluding hydrogens is 557 g/mol. The number of esters is 1. The van der Waals surface area contributed by atoms with E-state index in [4.69, 9.17) is 13.8 Å². The lowest BCUT2D eigenvalue weighted by atomic mass is 9.84. The summed E-state index contributed by atoms with van der Waals surface area (Å²) in [6.45, 7) is 9.34. The number of ether oxygens (including phenoxy) is 1. The van der Waals surface area contributed by atoms with Gasteiger partial charge in [-0.25, -0.2) is 4.79 Å². The van der Waals surface area contributed by atoms with E-state index in [0.717, 1.165) is 18.4 Å². The van der Waals surface area contributed by atoms with E-state index in [2.05, 4.69) is 18.8 Å². The van der Waals surface area contributed by atoms with Crippen LogP contribution in [0.3, 0.4) is 0 Å². The van der Waals surface area contributed by atoms with Crippen LogP contribution < -0.4 is 5.30 Å². The molecule has 0 unspecified atom stereocenters. The van der Waals surface area contributed by atoms with Gasteiger partial charge in [-0.2, -0.15) is 13.9 Å². The van der Waals surface area contributed by atoms with Crippen LogP contribution in [0.2, 0.25) is 0 Å². The van der Waals surface area contributed by atoms with Crippen LogP contribution in [0.15, 0.2) is 54.6 Å². The number of rotatable bonds is 11. The maximum Gasteiger partial charge on any atom is 0.448 e. The molecule has 10 nitrogen and oxygen atoms in total. The fourth-order valence-corrected chi connectivity index (χ4v) is 7.36. The van der Waals surface area contributed by atoms with Crippen LogP contribution in [-0.2, 0) is 20.3 Å². The molecule has 0 bridgehead atoms. The normalized spacial score (nSPS) is 15.9. The van der Waals surface area contributed by atoms with Crippen molar-refractivity contribution in [2.24, 2.45) is 5.41 Å². The first-order chi connectivity index (χ1) is 20.0. The molecular formula is C31H39N3O7P+. The molecule has 4 rings (SSSR count). The van der Waals surface area contributed by atoms with E-state index in [0.29, 0.717) is 30.0 Å². The van der Waals surface area contributed by atoms with Crippen molar-refractivity contribution >= 4 is 24.9 Å². The number of hydrogen-bond acceptors (Lipinski definition) is 9. The fourth-order valence-electron chi connectivity index (χ4n) is 5.15. The highest BCUT2D eigenvalue weighted by Crippen LogP contribution is 2.63. The number of carbonyl (C=O) groups is 1. The third kappa shape index (κ3) is 6.85.